The Hall–Kier alpha value is -2.71. The third-order valence-corrected chi connectivity index (χ3v) is 6.73. The fourth-order valence-electron chi connectivity index (χ4n) is 2.81. The van der Waals surface area contributed by atoms with Crippen molar-refractivity contribution in [3.05, 3.63) is 76.2 Å². The minimum atomic E-state index is -4.01. The summed E-state index contributed by atoms with van der Waals surface area (Å²) in [5, 5.41) is 4.73. The van der Waals surface area contributed by atoms with Crippen LogP contribution in [0.4, 0.5) is 15.8 Å². The van der Waals surface area contributed by atoms with Crippen LogP contribution in [0.2, 0.25) is 0 Å². The van der Waals surface area contributed by atoms with Crippen molar-refractivity contribution in [3.63, 3.8) is 0 Å². The number of hydrogen-bond donors (Lipinski definition) is 2. The highest BCUT2D eigenvalue weighted by Gasteiger charge is 2.19. The Kier molecular flexibility index (Phi) is 6.66. The molecule has 0 atom stereocenters. The molecule has 29 heavy (non-hydrogen) atoms. The first-order chi connectivity index (χ1) is 13.8. The number of anilines is 2. The predicted molar refractivity (Wildman–Crippen MR) is 114 cm³/mol. The molecule has 0 saturated carbocycles. The van der Waals surface area contributed by atoms with Crippen LogP contribution in [0.1, 0.15) is 23.3 Å². The van der Waals surface area contributed by atoms with E-state index in [4.69, 9.17) is 0 Å². The Balaban J connectivity index is 1.68. The third kappa shape index (κ3) is 5.65. The largest absolute Gasteiger partial charge is 0.326 e. The van der Waals surface area contributed by atoms with Crippen LogP contribution in [0.3, 0.4) is 0 Å². The summed E-state index contributed by atoms with van der Waals surface area (Å²) in [4.78, 5) is 13.4. The van der Waals surface area contributed by atoms with Gasteiger partial charge >= 0.3 is 0 Å². The normalized spacial score (nSPS) is 11.2. The van der Waals surface area contributed by atoms with Gasteiger partial charge in [-0.3, -0.25) is 9.52 Å². The van der Waals surface area contributed by atoms with Crippen molar-refractivity contribution in [1.82, 2.24) is 0 Å². The van der Waals surface area contributed by atoms with Gasteiger partial charge in [0.25, 0.3) is 10.0 Å². The molecule has 0 aliphatic carbocycles. The van der Waals surface area contributed by atoms with Gasteiger partial charge in [0.2, 0.25) is 5.91 Å². The van der Waals surface area contributed by atoms with E-state index in [1.165, 1.54) is 29.1 Å². The molecular weight excluding hydrogens is 411 g/mol. The minimum Gasteiger partial charge on any atom is -0.326 e. The number of nitrogens with one attached hydrogen (secondary N) is 2. The zero-order valence-corrected chi connectivity index (χ0v) is 17.4. The van der Waals surface area contributed by atoms with Gasteiger partial charge < -0.3 is 5.32 Å². The fraction of sp³-hybridized carbons (Fsp3) is 0.190. The molecule has 0 radical (unpaired) electrons. The van der Waals surface area contributed by atoms with Gasteiger partial charge in [-0.1, -0.05) is 24.3 Å². The second kappa shape index (κ2) is 9.19. The number of para-hydroxylation sites is 1. The Morgan fingerprint density at radius 3 is 2.62 bits per heavy atom. The lowest BCUT2D eigenvalue weighted by Crippen LogP contribution is -2.16. The molecule has 3 aromatic rings. The second-order valence-electron chi connectivity index (χ2n) is 6.55. The Bertz CT molecular complexity index is 1100. The molecule has 0 fully saturated rings. The number of sulfonamides is 1. The lowest BCUT2D eigenvalue weighted by Gasteiger charge is -2.13. The maximum atomic E-state index is 13.8. The summed E-state index contributed by atoms with van der Waals surface area (Å²) in [6.07, 6.45) is 1.87. The highest BCUT2D eigenvalue weighted by molar-refractivity contribution is 7.92. The van der Waals surface area contributed by atoms with E-state index in [0.29, 0.717) is 24.1 Å². The summed E-state index contributed by atoms with van der Waals surface area (Å²) in [6.45, 7) is 1.64. The van der Waals surface area contributed by atoms with Gasteiger partial charge in [-0.2, -0.15) is 0 Å². The van der Waals surface area contributed by atoms with Crippen LogP contribution in [0, 0.1) is 12.7 Å². The second-order valence-corrected chi connectivity index (χ2v) is 9.23. The number of carbonyl (C=O) groups is 1. The molecule has 0 aliphatic heterocycles. The average molecular weight is 433 g/mol. The summed E-state index contributed by atoms with van der Waals surface area (Å²) in [6, 6.07) is 14.2. The summed E-state index contributed by atoms with van der Waals surface area (Å²) in [5.41, 5.74) is 0.741. The van der Waals surface area contributed by atoms with E-state index in [0.717, 1.165) is 6.42 Å². The lowest BCUT2D eigenvalue weighted by molar-refractivity contribution is -0.116. The molecule has 0 unspecified atom stereocenters. The highest BCUT2D eigenvalue weighted by atomic mass is 32.2. The molecule has 8 heteroatoms. The van der Waals surface area contributed by atoms with Crippen LogP contribution in [0.15, 0.2) is 64.9 Å². The molecular formula is C21H21FN2O3S2. The topological polar surface area (TPSA) is 75.3 Å². The first-order valence-electron chi connectivity index (χ1n) is 9.05. The molecule has 0 aliphatic rings. The standard InChI is InChI=1S/C21H21FN2O3S2/c1-15-11-12-16(23-21(25)10-4-6-17-7-5-13-28-17)14-20(15)29(26,27)24-19-9-3-2-8-18(19)22/h2-3,5,7-9,11-14,24H,4,6,10H2,1H3,(H,23,25). The van der Waals surface area contributed by atoms with Gasteiger partial charge in [0.1, 0.15) is 5.82 Å². The van der Waals surface area contributed by atoms with Crippen LogP contribution in [0.25, 0.3) is 0 Å². The zero-order valence-electron chi connectivity index (χ0n) is 15.8. The fourth-order valence-corrected chi connectivity index (χ4v) is 4.90. The Labute approximate surface area is 173 Å². The SMILES string of the molecule is Cc1ccc(NC(=O)CCCc2cccs2)cc1S(=O)(=O)Nc1ccccc1F. The Morgan fingerprint density at radius 2 is 1.90 bits per heavy atom. The number of carbonyl (C=O) groups excluding carboxylic acids is 1. The average Bonchev–Trinajstić information content (AvgIpc) is 3.18. The van der Waals surface area contributed by atoms with Crippen LogP contribution in [0.5, 0.6) is 0 Å². The minimum absolute atomic E-state index is 0.0165. The summed E-state index contributed by atoms with van der Waals surface area (Å²) in [5.74, 6) is -0.847. The molecule has 1 heterocycles. The number of halogens is 1. The molecule has 3 rings (SSSR count). The van der Waals surface area contributed by atoms with Gasteiger partial charge in [-0.05, 0) is 61.0 Å². The van der Waals surface area contributed by atoms with Crippen LogP contribution < -0.4 is 10.0 Å². The molecule has 0 saturated heterocycles. The van der Waals surface area contributed by atoms with Crippen molar-refractivity contribution in [3.8, 4) is 0 Å². The summed E-state index contributed by atoms with van der Waals surface area (Å²) in [7, 11) is -4.01. The van der Waals surface area contributed by atoms with E-state index in [1.807, 2.05) is 17.5 Å². The van der Waals surface area contributed by atoms with Gasteiger partial charge in [0.15, 0.2) is 0 Å². The van der Waals surface area contributed by atoms with E-state index in [2.05, 4.69) is 10.0 Å². The van der Waals surface area contributed by atoms with Gasteiger partial charge in [0, 0.05) is 17.0 Å². The quantitative estimate of drug-likeness (QED) is 0.528. The molecule has 152 valence electrons. The van der Waals surface area contributed by atoms with E-state index >= 15 is 0 Å². The summed E-state index contributed by atoms with van der Waals surface area (Å²) < 4.78 is 41.5. The van der Waals surface area contributed by atoms with Gasteiger partial charge in [-0.15, -0.1) is 11.3 Å². The van der Waals surface area contributed by atoms with E-state index < -0.39 is 15.8 Å². The van der Waals surface area contributed by atoms with Crippen LogP contribution in [-0.4, -0.2) is 14.3 Å². The molecule has 5 nitrogen and oxygen atoms in total. The van der Waals surface area contributed by atoms with E-state index in [1.54, 1.807) is 36.5 Å². The zero-order chi connectivity index (χ0) is 20.9. The monoisotopic (exact) mass is 432 g/mol. The van der Waals surface area contributed by atoms with Crippen molar-refractivity contribution >= 4 is 38.6 Å². The summed E-state index contributed by atoms with van der Waals surface area (Å²) >= 11 is 1.65. The van der Waals surface area contributed by atoms with Crippen molar-refractivity contribution in [2.24, 2.45) is 0 Å². The van der Waals surface area contributed by atoms with Crippen LogP contribution in [-0.2, 0) is 21.2 Å². The first-order valence-corrected chi connectivity index (χ1v) is 11.4. The smallest absolute Gasteiger partial charge is 0.262 e. The van der Waals surface area contributed by atoms with Crippen molar-refractivity contribution in [2.45, 2.75) is 31.1 Å². The molecule has 0 bridgehead atoms. The molecule has 2 aromatic carbocycles. The van der Waals surface area contributed by atoms with Gasteiger partial charge in [-0.25, -0.2) is 12.8 Å². The van der Waals surface area contributed by atoms with Crippen LogP contribution >= 0.6 is 11.3 Å². The predicted octanol–water partition coefficient (Wildman–Crippen LogP) is 4.96. The molecule has 1 aromatic heterocycles. The van der Waals surface area contributed by atoms with E-state index in [-0.39, 0.29) is 16.5 Å². The van der Waals surface area contributed by atoms with Crippen molar-refractivity contribution in [2.75, 3.05) is 10.0 Å². The lowest BCUT2D eigenvalue weighted by atomic mass is 10.2. The van der Waals surface area contributed by atoms with Crippen molar-refractivity contribution in [1.29, 1.82) is 0 Å². The molecule has 2 N–H and O–H groups in total. The Morgan fingerprint density at radius 1 is 1.10 bits per heavy atom. The maximum Gasteiger partial charge on any atom is 0.262 e. The number of benzene rings is 2. The number of amides is 1. The van der Waals surface area contributed by atoms with Crippen molar-refractivity contribution < 1.29 is 17.6 Å². The molecule has 0 spiro atoms. The number of hydrogen-bond acceptors (Lipinski definition) is 4. The molecule has 1 amide bonds. The van der Waals surface area contributed by atoms with Gasteiger partial charge in [0.05, 0.1) is 10.6 Å². The maximum absolute atomic E-state index is 13.8. The number of rotatable bonds is 8. The number of thiophene rings is 1. The first kappa shape index (κ1) is 21.0. The third-order valence-electron chi connectivity index (χ3n) is 4.29. The van der Waals surface area contributed by atoms with E-state index in [9.17, 15) is 17.6 Å². The highest BCUT2D eigenvalue weighted by Crippen LogP contribution is 2.24. The number of aryl methyl sites for hydroxylation is 2.